The van der Waals surface area contributed by atoms with Crippen LogP contribution >= 0.6 is 0 Å². The number of hydrogen-bond donors (Lipinski definition) is 1. The molecule has 1 fully saturated rings. The predicted octanol–water partition coefficient (Wildman–Crippen LogP) is 2.29. The zero-order valence-electron chi connectivity index (χ0n) is 13.8. The van der Waals surface area contributed by atoms with Crippen molar-refractivity contribution < 1.29 is 26.4 Å². The Morgan fingerprint density at radius 2 is 1.96 bits per heavy atom. The number of benzene rings is 1. The van der Waals surface area contributed by atoms with Gasteiger partial charge in [-0.2, -0.15) is 18.4 Å². The first-order valence-corrected chi connectivity index (χ1v) is 9.46. The molecule has 1 amide bonds. The molecule has 0 aromatic heterocycles. The summed E-state index contributed by atoms with van der Waals surface area (Å²) in [6.45, 7) is -0.189. The fourth-order valence-electron chi connectivity index (χ4n) is 2.71. The molecule has 1 aliphatic heterocycles. The van der Waals surface area contributed by atoms with Gasteiger partial charge in [-0.15, -0.1) is 0 Å². The monoisotopic (exact) mass is 389 g/mol. The van der Waals surface area contributed by atoms with Gasteiger partial charge in [0.1, 0.15) is 0 Å². The molecule has 1 unspecified atom stereocenters. The number of carbonyl (C=O) groups is 1. The van der Waals surface area contributed by atoms with Gasteiger partial charge in [0.05, 0.1) is 16.9 Å². The van der Waals surface area contributed by atoms with Gasteiger partial charge < -0.3 is 4.90 Å². The highest BCUT2D eigenvalue weighted by atomic mass is 32.2. The minimum atomic E-state index is -4.34. The molecule has 1 saturated heterocycles. The van der Waals surface area contributed by atoms with Crippen LogP contribution in [0.25, 0.3) is 0 Å². The van der Waals surface area contributed by atoms with Crippen LogP contribution < -0.4 is 4.72 Å². The van der Waals surface area contributed by atoms with Crippen molar-refractivity contribution >= 4 is 15.9 Å². The summed E-state index contributed by atoms with van der Waals surface area (Å²) in [6, 6.07) is 6.79. The second kappa shape index (κ2) is 8.05. The zero-order chi connectivity index (χ0) is 19.4. The standard InChI is InChI=1S/C16H18F3N3O3S/c17-16(18,19)13-3-1-10-22(11-13)15(23)12-4-6-14(7-5-12)26(24,25)21-9-2-8-20/h4-7,13,21H,1-3,9-11H2. The number of nitrogens with zero attached hydrogens (tertiary/aromatic N) is 2. The number of likely N-dealkylation sites (tertiary alicyclic amines) is 1. The second-order valence-electron chi connectivity index (χ2n) is 5.96. The van der Waals surface area contributed by atoms with Crippen molar-refractivity contribution in [1.29, 1.82) is 5.26 Å². The number of rotatable bonds is 5. The summed E-state index contributed by atoms with van der Waals surface area (Å²) in [4.78, 5) is 13.5. The van der Waals surface area contributed by atoms with Crippen LogP contribution in [-0.2, 0) is 10.0 Å². The smallest absolute Gasteiger partial charge is 0.338 e. The van der Waals surface area contributed by atoms with Crippen molar-refractivity contribution in [3.63, 3.8) is 0 Å². The Morgan fingerprint density at radius 1 is 1.31 bits per heavy atom. The van der Waals surface area contributed by atoms with E-state index in [0.717, 1.165) is 4.90 Å². The molecule has 142 valence electrons. The maximum Gasteiger partial charge on any atom is 0.393 e. The number of sulfonamides is 1. The summed E-state index contributed by atoms with van der Waals surface area (Å²) in [6.07, 6.45) is -4.05. The Kier molecular flexibility index (Phi) is 6.26. The molecule has 1 N–H and O–H groups in total. The molecule has 0 aliphatic carbocycles. The van der Waals surface area contributed by atoms with Crippen LogP contribution in [-0.4, -0.2) is 45.0 Å². The quantitative estimate of drug-likeness (QED) is 0.783. The molecule has 1 aliphatic rings. The Balaban J connectivity index is 2.08. The predicted molar refractivity (Wildman–Crippen MR) is 86.5 cm³/mol. The average molecular weight is 389 g/mol. The fourth-order valence-corrected chi connectivity index (χ4v) is 3.74. The molecule has 2 rings (SSSR count). The molecule has 1 heterocycles. The lowest BCUT2D eigenvalue weighted by molar-refractivity contribution is -0.184. The second-order valence-corrected chi connectivity index (χ2v) is 7.73. The van der Waals surface area contributed by atoms with Crippen LogP contribution in [0.4, 0.5) is 13.2 Å². The third-order valence-electron chi connectivity index (χ3n) is 4.11. The molecule has 6 nitrogen and oxygen atoms in total. The zero-order valence-corrected chi connectivity index (χ0v) is 14.6. The van der Waals surface area contributed by atoms with Crippen molar-refractivity contribution in [2.45, 2.75) is 30.3 Å². The lowest BCUT2D eigenvalue weighted by Gasteiger charge is -2.33. The molecule has 0 spiro atoms. The number of piperidine rings is 1. The van der Waals surface area contributed by atoms with E-state index in [9.17, 15) is 26.4 Å². The number of carbonyl (C=O) groups excluding carboxylic acids is 1. The third-order valence-corrected chi connectivity index (χ3v) is 5.59. The van der Waals surface area contributed by atoms with E-state index in [1.165, 1.54) is 24.3 Å². The van der Waals surface area contributed by atoms with Crippen LogP contribution in [0.1, 0.15) is 29.6 Å². The maximum atomic E-state index is 12.9. The summed E-state index contributed by atoms with van der Waals surface area (Å²) < 4.78 is 64.8. The molecule has 0 radical (unpaired) electrons. The van der Waals surface area contributed by atoms with E-state index in [-0.39, 0.29) is 42.8 Å². The van der Waals surface area contributed by atoms with Gasteiger partial charge in [0.2, 0.25) is 10.0 Å². The van der Waals surface area contributed by atoms with Crippen molar-refractivity contribution in [3.05, 3.63) is 29.8 Å². The third kappa shape index (κ3) is 4.95. The van der Waals surface area contributed by atoms with E-state index in [4.69, 9.17) is 5.26 Å². The summed E-state index contributed by atoms with van der Waals surface area (Å²) >= 11 is 0. The SMILES string of the molecule is N#CCCNS(=O)(=O)c1ccc(C(=O)N2CCCC(C(F)(F)F)C2)cc1. The molecule has 0 bridgehead atoms. The highest BCUT2D eigenvalue weighted by molar-refractivity contribution is 7.89. The van der Waals surface area contributed by atoms with Gasteiger partial charge in [-0.25, -0.2) is 13.1 Å². The molecule has 1 aromatic carbocycles. The molecule has 1 aromatic rings. The number of hydrogen-bond acceptors (Lipinski definition) is 4. The van der Waals surface area contributed by atoms with E-state index in [2.05, 4.69) is 4.72 Å². The van der Waals surface area contributed by atoms with Crippen molar-refractivity contribution in [2.24, 2.45) is 5.92 Å². The molecular weight excluding hydrogens is 371 g/mol. The maximum absolute atomic E-state index is 12.9. The molecular formula is C16H18F3N3O3S. The minimum Gasteiger partial charge on any atom is -0.338 e. The van der Waals surface area contributed by atoms with Crippen LogP contribution in [0.3, 0.4) is 0 Å². The molecule has 1 atom stereocenters. The topological polar surface area (TPSA) is 90.3 Å². The number of amides is 1. The lowest BCUT2D eigenvalue weighted by atomic mass is 9.97. The highest BCUT2D eigenvalue weighted by Crippen LogP contribution is 2.33. The van der Waals surface area contributed by atoms with Crippen molar-refractivity contribution in [2.75, 3.05) is 19.6 Å². The van der Waals surface area contributed by atoms with Gasteiger partial charge in [0.25, 0.3) is 5.91 Å². The van der Waals surface area contributed by atoms with Gasteiger partial charge in [0, 0.05) is 31.6 Å². The van der Waals surface area contributed by atoms with Crippen LogP contribution in [0.5, 0.6) is 0 Å². The average Bonchev–Trinajstić information content (AvgIpc) is 2.61. The largest absolute Gasteiger partial charge is 0.393 e. The molecule has 26 heavy (non-hydrogen) atoms. The van der Waals surface area contributed by atoms with Gasteiger partial charge in [-0.3, -0.25) is 4.79 Å². The van der Waals surface area contributed by atoms with Crippen molar-refractivity contribution in [1.82, 2.24) is 9.62 Å². The number of nitriles is 1. The summed E-state index contributed by atoms with van der Waals surface area (Å²) in [5.74, 6) is -2.09. The molecule has 10 heteroatoms. The molecule has 0 saturated carbocycles. The van der Waals surface area contributed by atoms with Crippen LogP contribution in [0.15, 0.2) is 29.2 Å². The first-order valence-electron chi connectivity index (χ1n) is 7.98. The first kappa shape index (κ1) is 20.2. The number of nitrogens with one attached hydrogen (secondary N) is 1. The summed E-state index contributed by atoms with van der Waals surface area (Å²) in [5.41, 5.74) is 0.129. The van der Waals surface area contributed by atoms with E-state index in [1.807, 2.05) is 6.07 Å². The van der Waals surface area contributed by atoms with Crippen LogP contribution in [0, 0.1) is 17.2 Å². The Bertz CT molecular complexity index is 786. The fraction of sp³-hybridized carbons (Fsp3) is 0.500. The first-order chi connectivity index (χ1) is 12.1. The van der Waals surface area contributed by atoms with E-state index in [1.54, 1.807) is 0 Å². The van der Waals surface area contributed by atoms with E-state index < -0.39 is 34.6 Å². The van der Waals surface area contributed by atoms with E-state index in [0.29, 0.717) is 0 Å². The van der Waals surface area contributed by atoms with Gasteiger partial charge in [-0.1, -0.05) is 0 Å². The Hall–Kier alpha value is -2.12. The lowest BCUT2D eigenvalue weighted by Crippen LogP contribution is -2.44. The summed E-state index contributed by atoms with van der Waals surface area (Å²) in [7, 11) is -3.80. The normalized spacial score (nSPS) is 18.4. The Morgan fingerprint density at radius 3 is 2.54 bits per heavy atom. The van der Waals surface area contributed by atoms with Crippen LogP contribution in [0.2, 0.25) is 0 Å². The number of halogens is 3. The van der Waals surface area contributed by atoms with Gasteiger partial charge >= 0.3 is 6.18 Å². The van der Waals surface area contributed by atoms with E-state index >= 15 is 0 Å². The minimum absolute atomic E-state index is 0.00116. The number of alkyl halides is 3. The van der Waals surface area contributed by atoms with Gasteiger partial charge in [-0.05, 0) is 37.1 Å². The van der Waals surface area contributed by atoms with Gasteiger partial charge in [0.15, 0.2) is 0 Å². The summed E-state index contributed by atoms with van der Waals surface area (Å²) in [5, 5.41) is 8.43. The highest BCUT2D eigenvalue weighted by Gasteiger charge is 2.42. The Labute approximate surface area is 149 Å². The van der Waals surface area contributed by atoms with Crippen molar-refractivity contribution in [3.8, 4) is 6.07 Å².